The number of carbonyl (C=O) groups excluding carboxylic acids is 2. The Kier molecular flexibility index (Phi) is 5.56. The lowest BCUT2D eigenvalue weighted by molar-refractivity contribution is -0.178. The number of allylic oxidation sites excluding steroid dienone is 4. The molecule has 5 rings (SSSR count). The first-order valence-corrected chi connectivity index (χ1v) is 13.2. The fourth-order valence-corrected chi connectivity index (χ4v) is 8.22. The summed E-state index contributed by atoms with van der Waals surface area (Å²) < 4.78 is 11.5. The van der Waals surface area contributed by atoms with E-state index in [4.69, 9.17) is 9.47 Å². The summed E-state index contributed by atoms with van der Waals surface area (Å²) in [6.07, 6.45) is 13.6. The molecule has 1 saturated carbocycles. The van der Waals surface area contributed by atoms with Crippen molar-refractivity contribution in [3.8, 4) is 0 Å². The summed E-state index contributed by atoms with van der Waals surface area (Å²) in [5.74, 6) is -0.387. The molecule has 2 heterocycles. The third kappa shape index (κ3) is 3.60. The average Bonchev–Trinajstić information content (AvgIpc) is 2.88. The Morgan fingerprint density at radius 1 is 1.06 bits per heavy atom. The molecule has 0 aromatic carbocycles. The number of esters is 2. The summed E-state index contributed by atoms with van der Waals surface area (Å²) in [5.41, 5.74) is 2.95. The first-order chi connectivity index (χ1) is 16.3. The van der Waals surface area contributed by atoms with Gasteiger partial charge in [0.1, 0.15) is 17.3 Å². The van der Waals surface area contributed by atoms with Crippen molar-refractivity contribution in [2.24, 2.45) is 22.7 Å². The summed E-state index contributed by atoms with van der Waals surface area (Å²) in [6.45, 7) is 12.5. The highest BCUT2D eigenvalue weighted by Gasteiger charge is 2.63. The monoisotopic (exact) mass is 480 g/mol. The van der Waals surface area contributed by atoms with Crippen molar-refractivity contribution in [3.05, 3.63) is 46.6 Å². The van der Waals surface area contributed by atoms with Crippen LogP contribution in [0.1, 0.15) is 86.5 Å². The van der Waals surface area contributed by atoms with Crippen molar-refractivity contribution >= 4 is 11.9 Å². The largest absolute Gasteiger partial charge is 0.456 e. The van der Waals surface area contributed by atoms with Crippen LogP contribution in [-0.2, 0) is 19.1 Å². The lowest BCUT2D eigenvalue weighted by Gasteiger charge is -2.54. The Labute approximate surface area is 209 Å². The van der Waals surface area contributed by atoms with Crippen molar-refractivity contribution in [1.29, 1.82) is 0 Å². The lowest BCUT2D eigenvalue weighted by atomic mass is 9.52. The molecule has 5 aliphatic rings. The molecule has 0 amide bonds. The molecule has 0 bridgehead atoms. The van der Waals surface area contributed by atoms with Crippen molar-refractivity contribution in [1.82, 2.24) is 0 Å². The van der Waals surface area contributed by atoms with Crippen molar-refractivity contribution in [2.45, 2.75) is 104 Å². The zero-order valence-corrected chi connectivity index (χ0v) is 22.1. The predicted molar refractivity (Wildman–Crippen MR) is 134 cm³/mol. The van der Waals surface area contributed by atoms with Crippen LogP contribution in [0.3, 0.4) is 0 Å². The number of aliphatic hydroxyl groups is 1. The fraction of sp³-hybridized carbons (Fsp3) is 0.667. The second-order valence-electron chi connectivity index (χ2n) is 12.7. The summed E-state index contributed by atoms with van der Waals surface area (Å²) in [5, 5.41) is 11.9. The fourth-order valence-electron chi connectivity index (χ4n) is 8.22. The van der Waals surface area contributed by atoms with Gasteiger partial charge in [0, 0.05) is 24.0 Å². The van der Waals surface area contributed by atoms with Crippen LogP contribution < -0.4 is 0 Å². The molecule has 5 nitrogen and oxygen atoms in total. The van der Waals surface area contributed by atoms with E-state index in [1.807, 2.05) is 32.9 Å². The summed E-state index contributed by atoms with van der Waals surface area (Å²) >= 11 is 0. The first kappa shape index (κ1) is 24.5. The van der Waals surface area contributed by atoms with Crippen molar-refractivity contribution in [3.63, 3.8) is 0 Å². The van der Waals surface area contributed by atoms with E-state index >= 15 is 0 Å². The van der Waals surface area contributed by atoms with Crippen LogP contribution in [0.4, 0.5) is 0 Å². The number of rotatable bonds is 2. The predicted octanol–water partition coefficient (Wildman–Crippen LogP) is 5.74. The SMILES string of the molecule is CC1=CC[C@@H]([C@@](C)(O)[C@H]2CC[C@@]3(C)C4=C(C=C5C=CC(=O)OC(C)(C)[C@@H]5CC4)CC[C@]23C)OC1=O. The Morgan fingerprint density at radius 3 is 2.51 bits per heavy atom. The molecule has 35 heavy (non-hydrogen) atoms. The van der Waals surface area contributed by atoms with Gasteiger partial charge in [-0.3, -0.25) is 0 Å². The van der Waals surface area contributed by atoms with Gasteiger partial charge in [0.15, 0.2) is 0 Å². The van der Waals surface area contributed by atoms with Gasteiger partial charge in [-0.15, -0.1) is 0 Å². The molecule has 1 fully saturated rings. The van der Waals surface area contributed by atoms with Crippen LogP contribution in [0, 0.1) is 22.7 Å². The molecule has 0 aromatic rings. The number of hydrogen-bond acceptors (Lipinski definition) is 5. The van der Waals surface area contributed by atoms with E-state index < -0.39 is 17.3 Å². The van der Waals surface area contributed by atoms with Gasteiger partial charge < -0.3 is 14.6 Å². The summed E-state index contributed by atoms with van der Waals surface area (Å²) in [6, 6.07) is 0. The standard InChI is InChI=1S/C30H40O5/c1-18-7-11-24(34-26(18)32)30(6,33)23-14-16-28(4)22-10-9-21-19(8-12-25(31)35-27(21,2)3)17-20(22)13-15-29(23,28)5/h7-8,12,17,21,23-24,33H,9-11,13-16H2,1-6H3/t21-,23+,24+,28+,29-,30+/m1/s1. The van der Waals surface area contributed by atoms with E-state index in [9.17, 15) is 14.7 Å². The van der Waals surface area contributed by atoms with Crippen LogP contribution >= 0.6 is 0 Å². The first-order valence-electron chi connectivity index (χ1n) is 13.2. The summed E-state index contributed by atoms with van der Waals surface area (Å²) in [7, 11) is 0. The van der Waals surface area contributed by atoms with Gasteiger partial charge in [0.25, 0.3) is 0 Å². The maximum absolute atomic E-state index is 12.3. The number of ether oxygens (including phenoxy) is 2. The number of carbonyl (C=O) groups is 2. The van der Waals surface area contributed by atoms with Gasteiger partial charge in [-0.25, -0.2) is 9.59 Å². The van der Waals surface area contributed by atoms with Crippen LogP contribution in [-0.4, -0.2) is 34.4 Å². The average molecular weight is 481 g/mol. The molecule has 1 N–H and O–H groups in total. The van der Waals surface area contributed by atoms with Gasteiger partial charge in [0.05, 0.1) is 0 Å². The highest BCUT2D eigenvalue weighted by atomic mass is 16.6. The van der Waals surface area contributed by atoms with E-state index in [1.54, 1.807) is 13.0 Å². The molecule has 3 aliphatic carbocycles. The molecule has 0 radical (unpaired) electrons. The zero-order chi connectivity index (χ0) is 25.4. The van der Waals surface area contributed by atoms with Crippen LogP contribution in [0.2, 0.25) is 0 Å². The van der Waals surface area contributed by atoms with Gasteiger partial charge in [-0.2, -0.15) is 0 Å². The lowest BCUT2D eigenvalue weighted by Crippen LogP contribution is -2.55. The van der Waals surface area contributed by atoms with Crippen molar-refractivity contribution in [2.75, 3.05) is 0 Å². The number of fused-ring (bicyclic) bond motifs is 3. The molecule has 0 saturated heterocycles. The molecule has 190 valence electrons. The van der Waals surface area contributed by atoms with Crippen LogP contribution in [0.15, 0.2) is 46.6 Å². The van der Waals surface area contributed by atoms with Crippen LogP contribution in [0.5, 0.6) is 0 Å². The highest BCUT2D eigenvalue weighted by Crippen LogP contribution is 2.69. The zero-order valence-electron chi connectivity index (χ0n) is 22.1. The van der Waals surface area contributed by atoms with E-state index in [1.165, 1.54) is 16.7 Å². The van der Waals surface area contributed by atoms with Crippen LogP contribution in [0.25, 0.3) is 0 Å². The Balaban J connectivity index is 1.50. The van der Waals surface area contributed by atoms with Gasteiger partial charge >= 0.3 is 11.9 Å². The van der Waals surface area contributed by atoms with Gasteiger partial charge in [0.2, 0.25) is 0 Å². The third-order valence-electron chi connectivity index (χ3n) is 10.5. The normalized spacial score (nSPS) is 40.1. The molecular weight excluding hydrogens is 440 g/mol. The molecule has 6 atom stereocenters. The second kappa shape index (κ2) is 7.93. The molecular formula is C30H40O5. The molecule has 5 heteroatoms. The number of hydrogen-bond donors (Lipinski definition) is 1. The second-order valence-corrected chi connectivity index (χ2v) is 12.7. The Morgan fingerprint density at radius 2 is 1.80 bits per heavy atom. The van der Waals surface area contributed by atoms with Gasteiger partial charge in [-0.1, -0.05) is 37.6 Å². The smallest absolute Gasteiger partial charge is 0.333 e. The van der Waals surface area contributed by atoms with E-state index in [0.29, 0.717) is 12.0 Å². The number of cyclic esters (lactones) is 2. The van der Waals surface area contributed by atoms with Crippen molar-refractivity contribution < 1.29 is 24.2 Å². The van der Waals surface area contributed by atoms with E-state index in [-0.39, 0.29) is 34.6 Å². The van der Waals surface area contributed by atoms with E-state index in [2.05, 4.69) is 19.9 Å². The summed E-state index contributed by atoms with van der Waals surface area (Å²) in [4.78, 5) is 24.4. The Bertz CT molecular complexity index is 1090. The maximum Gasteiger partial charge on any atom is 0.333 e. The maximum atomic E-state index is 12.3. The quantitative estimate of drug-likeness (QED) is 0.510. The minimum Gasteiger partial charge on any atom is -0.456 e. The Hall–Kier alpha value is -2.14. The topological polar surface area (TPSA) is 72.8 Å². The molecule has 2 aliphatic heterocycles. The minimum absolute atomic E-state index is 0.0369. The highest BCUT2D eigenvalue weighted by molar-refractivity contribution is 5.88. The molecule has 0 aromatic heterocycles. The molecule has 0 unspecified atom stereocenters. The molecule has 0 spiro atoms. The minimum atomic E-state index is -1.09. The third-order valence-corrected chi connectivity index (χ3v) is 10.5. The van der Waals surface area contributed by atoms with Gasteiger partial charge in [-0.05, 0) is 94.1 Å². The van der Waals surface area contributed by atoms with E-state index in [0.717, 1.165) is 38.5 Å².